The van der Waals surface area contributed by atoms with Gasteiger partial charge in [0.05, 0.1) is 71.7 Å². The van der Waals surface area contributed by atoms with Crippen LogP contribution in [0.15, 0.2) is 71.5 Å². The standard InChI is InChI=1S/C51H55FN10O8S/c1-25(2)42(58-50(65)67-6)47(63)60-16-8-10-35(60)44-53-22-32(56-44)28-13-14-34-30(18-28)20-37-41-31(52)19-29(21-39(41)70-49(62(34)37)40-24-55-46(71-40)38-15-12-27(5)69-38)33-23-54-45(57-33)36-11-9-17-61(36)48(64)43(26(3)4)59-51(66)68-7/h12-15,18-26,35-36,42-43,49H,8-11,16-17H2,1-7H3,(H,53,56)(H,54,57)(H,58,65)(H,59,66)/t35-,36-,42?,43?,49?/m0/s1. The molecule has 0 saturated carbocycles. The van der Waals surface area contributed by atoms with Crippen molar-refractivity contribution < 1.29 is 42.2 Å². The Bertz CT molecular complexity index is 3170. The monoisotopic (exact) mass is 986 g/mol. The van der Waals surface area contributed by atoms with Gasteiger partial charge in [0.25, 0.3) is 0 Å². The highest BCUT2D eigenvalue weighted by atomic mass is 32.1. The number of aromatic amines is 2. The first-order chi connectivity index (χ1) is 34.2. The molecule has 7 aromatic rings. The number of amides is 4. The van der Waals surface area contributed by atoms with Crippen molar-refractivity contribution >= 4 is 46.2 Å². The number of thiazole rings is 1. The van der Waals surface area contributed by atoms with Gasteiger partial charge >= 0.3 is 12.2 Å². The maximum Gasteiger partial charge on any atom is 0.407 e. The lowest BCUT2D eigenvalue weighted by atomic mass is 10.0. The number of aromatic nitrogens is 6. The second-order valence-corrected chi connectivity index (χ2v) is 20.0. The van der Waals surface area contributed by atoms with E-state index in [1.807, 2.05) is 75.6 Å². The minimum absolute atomic E-state index is 0.165. The van der Waals surface area contributed by atoms with Crippen molar-refractivity contribution in [3.63, 3.8) is 0 Å². The molecule has 10 rings (SSSR count). The van der Waals surface area contributed by atoms with Gasteiger partial charge in [-0.3, -0.25) is 14.2 Å². The number of carbonyl (C=O) groups excluding carboxylic acids is 4. The second kappa shape index (κ2) is 19.0. The fourth-order valence-electron chi connectivity index (χ4n) is 10.0. The molecule has 5 aromatic heterocycles. The molecule has 4 N–H and O–H groups in total. The molecule has 8 heterocycles. The molecular formula is C51H55FN10O8S. The smallest absolute Gasteiger partial charge is 0.407 e. The van der Waals surface area contributed by atoms with Gasteiger partial charge in [0.2, 0.25) is 18.0 Å². The number of likely N-dealkylation sites (tertiary alicyclic amines) is 2. The number of hydrogen-bond acceptors (Lipinski definition) is 12. The Balaban J connectivity index is 0.983. The highest BCUT2D eigenvalue weighted by Gasteiger charge is 2.40. The molecule has 71 heavy (non-hydrogen) atoms. The lowest BCUT2D eigenvalue weighted by Gasteiger charge is -2.30. The Kier molecular flexibility index (Phi) is 12.7. The Hall–Kier alpha value is -7.48. The van der Waals surface area contributed by atoms with Crippen molar-refractivity contribution in [2.75, 3.05) is 27.3 Å². The third-order valence-corrected chi connectivity index (χ3v) is 14.7. The first-order valence-electron chi connectivity index (χ1n) is 23.8. The van der Waals surface area contributed by atoms with E-state index in [9.17, 15) is 19.2 Å². The van der Waals surface area contributed by atoms with Gasteiger partial charge < -0.3 is 49.0 Å². The number of hydrogen-bond donors (Lipinski definition) is 4. The van der Waals surface area contributed by atoms with Crippen LogP contribution in [-0.4, -0.2) is 103 Å². The number of H-pyrrole nitrogens is 2. The number of carbonyl (C=O) groups is 4. The molecule has 3 aliphatic heterocycles. The summed E-state index contributed by atoms with van der Waals surface area (Å²) in [6, 6.07) is 12.7. The largest absolute Gasteiger partial charge is 0.464 e. The number of benzene rings is 2. The van der Waals surface area contributed by atoms with Crippen LogP contribution in [0.4, 0.5) is 14.0 Å². The lowest BCUT2D eigenvalue weighted by molar-refractivity contribution is -0.136. The molecule has 0 aliphatic carbocycles. The normalized spacial score (nSPS) is 18.4. The number of methoxy groups -OCH3 is 2. The molecule has 0 radical (unpaired) electrons. The van der Waals surface area contributed by atoms with Crippen LogP contribution in [0.1, 0.15) is 94.0 Å². The van der Waals surface area contributed by atoms with Crippen molar-refractivity contribution in [2.45, 2.75) is 90.7 Å². The molecule has 2 aromatic carbocycles. The zero-order valence-electron chi connectivity index (χ0n) is 40.4. The number of halogens is 1. The Morgan fingerprint density at radius 2 is 1.38 bits per heavy atom. The quantitative estimate of drug-likeness (QED) is 0.0905. The molecule has 2 saturated heterocycles. The Labute approximate surface area is 412 Å². The molecule has 18 nitrogen and oxygen atoms in total. The molecule has 3 unspecified atom stereocenters. The number of furan rings is 1. The Morgan fingerprint density at radius 3 is 1.94 bits per heavy atom. The number of rotatable bonds is 12. The average Bonchev–Trinajstić information content (AvgIpc) is 4.22. The van der Waals surface area contributed by atoms with Gasteiger partial charge in [-0.05, 0) is 86.9 Å². The summed E-state index contributed by atoms with van der Waals surface area (Å²) in [5.41, 5.74) is 4.31. The fourth-order valence-corrected chi connectivity index (χ4v) is 10.9. The third kappa shape index (κ3) is 8.78. The first-order valence-corrected chi connectivity index (χ1v) is 24.6. The summed E-state index contributed by atoms with van der Waals surface area (Å²) in [5.74, 6) is 1.62. The van der Waals surface area contributed by atoms with Crippen LogP contribution in [0.3, 0.4) is 0 Å². The molecular weight excluding hydrogens is 932 g/mol. The van der Waals surface area contributed by atoms with E-state index in [0.29, 0.717) is 71.0 Å². The van der Waals surface area contributed by atoms with E-state index < -0.39 is 36.3 Å². The van der Waals surface area contributed by atoms with Gasteiger partial charge in [-0.25, -0.2) is 28.9 Å². The van der Waals surface area contributed by atoms with Gasteiger partial charge in [-0.1, -0.05) is 33.8 Å². The van der Waals surface area contributed by atoms with Crippen LogP contribution in [0.2, 0.25) is 0 Å². The molecule has 4 amide bonds. The predicted molar refractivity (Wildman–Crippen MR) is 262 cm³/mol. The van der Waals surface area contributed by atoms with Crippen LogP contribution in [0.25, 0.3) is 55.4 Å². The number of alkyl carbamates (subject to hydrolysis) is 2. The van der Waals surface area contributed by atoms with E-state index in [2.05, 4.69) is 20.6 Å². The van der Waals surface area contributed by atoms with Crippen molar-refractivity contribution in [1.29, 1.82) is 0 Å². The minimum atomic E-state index is -0.787. The molecule has 3 aliphatic rings. The summed E-state index contributed by atoms with van der Waals surface area (Å²) in [6.45, 7) is 10.4. The van der Waals surface area contributed by atoms with E-state index >= 15 is 4.39 Å². The predicted octanol–water partition coefficient (Wildman–Crippen LogP) is 9.28. The lowest BCUT2D eigenvalue weighted by Crippen LogP contribution is -2.51. The SMILES string of the molecule is COC(=O)NC(C(=O)N1CCC[C@H]1c1ncc(-c2cc(F)c3c(c2)OC(c2cnc(-c4ccc(C)o4)s2)n2c-3cc3cc(-c4cnc([C@@H]5CCCN5C(=O)C(NC(=O)OC)C(C)C)[nH]4)ccc32)[nH]1)C(C)C. The molecule has 2 fully saturated rings. The summed E-state index contributed by atoms with van der Waals surface area (Å²) in [5, 5.41) is 6.88. The van der Waals surface area contributed by atoms with E-state index in [-0.39, 0.29) is 41.3 Å². The van der Waals surface area contributed by atoms with Crippen molar-refractivity contribution in [3.05, 3.63) is 95.2 Å². The maximum atomic E-state index is 17.0. The van der Waals surface area contributed by atoms with Gasteiger partial charge in [-0.15, -0.1) is 11.3 Å². The van der Waals surface area contributed by atoms with E-state index in [1.54, 1.807) is 34.5 Å². The average molecular weight is 987 g/mol. The minimum Gasteiger partial charge on any atom is -0.464 e. The zero-order valence-corrected chi connectivity index (χ0v) is 41.2. The topological polar surface area (TPSA) is 215 Å². The highest BCUT2D eigenvalue weighted by Crippen LogP contribution is 2.49. The van der Waals surface area contributed by atoms with Crippen molar-refractivity contribution in [2.24, 2.45) is 11.8 Å². The van der Waals surface area contributed by atoms with Crippen LogP contribution in [0.5, 0.6) is 5.75 Å². The third-order valence-electron chi connectivity index (χ3n) is 13.6. The molecule has 0 spiro atoms. The van der Waals surface area contributed by atoms with Gasteiger partial charge in [0.1, 0.15) is 41.1 Å². The fraction of sp³-hybridized carbons (Fsp3) is 0.392. The summed E-state index contributed by atoms with van der Waals surface area (Å²) in [6.07, 6.45) is 5.96. The van der Waals surface area contributed by atoms with Crippen LogP contribution < -0.4 is 15.4 Å². The zero-order chi connectivity index (χ0) is 49.8. The molecule has 20 heteroatoms. The number of nitrogens with one attached hydrogen (secondary N) is 4. The first kappa shape index (κ1) is 47.2. The van der Waals surface area contributed by atoms with Crippen LogP contribution >= 0.6 is 11.3 Å². The molecule has 370 valence electrons. The second-order valence-electron chi connectivity index (χ2n) is 18.9. The van der Waals surface area contributed by atoms with Gasteiger partial charge in [0.15, 0.2) is 10.8 Å². The van der Waals surface area contributed by atoms with Gasteiger partial charge in [0, 0.05) is 35.8 Å². The number of imidazole rings is 2. The highest BCUT2D eigenvalue weighted by molar-refractivity contribution is 7.15. The molecule has 5 atom stereocenters. The van der Waals surface area contributed by atoms with E-state index in [4.69, 9.17) is 33.6 Å². The number of fused-ring (bicyclic) bond motifs is 5. The van der Waals surface area contributed by atoms with Crippen molar-refractivity contribution in [3.8, 4) is 50.3 Å². The van der Waals surface area contributed by atoms with Crippen LogP contribution in [-0.2, 0) is 19.1 Å². The summed E-state index contributed by atoms with van der Waals surface area (Å²) in [7, 11) is 2.53. The van der Waals surface area contributed by atoms with Gasteiger partial charge in [-0.2, -0.15) is 0 Å². The number of aryl methyl sites for hydroxylation is 1. The summed E-state index contributed by atoms with van der Waals surface area (Å²) >= 11 is 1.42. The van der Waals surface area contributed by atoms with Crippen LogP contribution in [0, 0.1) is 24.6 Å². The maximum absolute atomic E-state index is 17.0. The molecule has 0 bridgehead atoms. The number of nitrogens with zero attached hydrogens (tertiary/aromatic N) is 6. The van der Waals surface area contributed by atoms with E-state index in [1.165, 1.54) is 31.6 Å². The Morgan fingerprint density at radius 1 is 0.775 bits per heavy atom. The van der Waals surface area contributed by atoms with E-state index in [0.717, 1.165) is 45.6 Å². The number of ether oxygens (including phenoxy) is 3. The summed E-state index contributed by atoms with van der Waals surface area (Å²) < 4.78 is 41.4. The van der Waals surface area contributed by atoms with Crippen molar-refractivity contribution in [1.82, 2.24) is 49.9 Å². The summed E-state index contributed by atoms with van der Waals surface area (Å²) in [4.78, 5) is 77.3.